The van der Waals surface area contributed by atoms with Crippen LogP contribution in [0.4, 0.5) is 0 Å². The van der Waals surface area contributed by atoms with Crippen LogP contribution in [0, 0.1) is 11.3 Å². The molecule has 17 heavy (non-hydrogen) atoms. The van der Waals surface area contributed by atoms with Crippen LogP contribution in [0.2, 0.25) is 0 Å². The van der Waals surface area contributed by atoms with Gasteiger partial charge in [0.2, 0.25) is 0 Å². The van der Waals surface area contributed by atoms with Crippen molar-refractivity contribution in [3.63, 3.8) is 0 Å². The second-order valence-corrected chi connectivity index (χ2v) is 6.31. The summed E-state index contributed by atoms with van der Waals surface area (Å²) in [4.78, 5) is 2.58. The van der Waals surface area contributed by atoms with E-state index in [4.69, 9.17) is 0 Å². The summed E-state index contributed by atoms with van der Waals surface area (Å²) in [7, 11) is 2.07. The van der Waals surface area contributed by atoms with Crippen LogP contribution in [0.3, 0.4) is 0 Å². The number of piperidine rings is 1. The van der Waals surface area contributed by atoms with Crippen LogP contribution in [0.1, 0.15) is 39.0 Å². The Morgan fingerprint density at radius 3 is 2.65 bits per heavy atom. The third kappa shape index (κ3) is 3.21. The number of aliphatic hydroxyl groups is 1. The Morgan fingerprint density at radius 1 is 1.35 bits per heavy atom. The van der Waals surface area contributed by atoms with Gasteiger partial charge >= 0.3 is 0 Å². The number of hydrogen-bond donors (Lipinski definition) is 2. The van der Waals surface area contributed by atoms with Crippen molar-refractivity contribution in [1.29, 1.82) is 0 Å². The SMILES string of the molecule is CNCC1(CN2CCC(O)C(C)C2)CCCC1. The Morgan fingerprint density at radius 2 is 2.06 bits per heavy atom. The fourth-order valence-electron chi connectivity index (χ4n) is 3.73. The van der Waals surface area contributed by atoms with E-state index in [2.05, 4.69) is 24.2 Å². The molecule has 2 unspecified atom stereocenters. The summed E-state index contributed by atoms with van der Waals surface area (Å²) in [5.41, 5.74) is 0.511. The van der Waals surface area contributed by atoms with Gasteiger partial charge in [-0.05, 0) is 37.6 Å². The van der Waals surface area contributed by atoms with E-state index in [1.807, 2.05) is 0 Å². The lowest BCUT2D eigenvalue weighted by atomic mass is 9.84. The van der Waals surface area contributed by atoms with Crippen molar-refractivity contribution in [3.05, 3.63) is 0 Å². The quantitative estimate of drug-likeness (QED) is 0.781. The molecule has 1 aliphatic carbocycles. The first-order valence-electron chi connectivity index (χ1n) is 7.20. The van der Waals surface area contributed by atoms with E-state index < -0.39 is 0 Å². The maximum absolute atomic E-state index is 9.78. The lowest BCUT2D eigenvalue weighted by Crippen LogP contribution is -2.48. The molecule has 2 N–H and O–H groups in total. The average molecular weight is 240 g/mol. The minimum atomic E-state index is -0.0740. The van der Waals surface area contributed by atoms with E-state index in [1.54, 1.807) is 0 Å². The first-order valence-corrected chi connectivity index (χ1v) is 7.20. The lowest BCUT2D eigenvalue weighted by Gasteiger charge is -2.40. The molecule has 0 aromatic heterocycles. The standard InChI is InChI=1S/C14H28N2O/c1-12-9-16(8-5-13(12)17)11-14(10-15-2)6-3-4-7-14/h12-13,15,17H,3-11H2,1-2H3. The molecule has 2 aliphatic rings. The van der Waals surface area contributed by atoms with Crippen LogP contribution in [0.5, 0.6) is 0 Å². The van der Waals surface area contributed by atoms with Gasteiger partial charge < -0.3 is 15.3 Å². The van der Waals surface area contributed by atoms with Crippen LogP contribution in [0.25, 0.3) is 0 Å². The second kappa shape index (κ2) is 5.68. The lowest BCUT2D eigenvalue weighted by molar-refractivity contribution is 0.0171. The zero-order valence-corrected chi connectivity index (χ0v) is 11.4. The van der Waals surface area contributed by atoms with E-state index in [0.29, 0.717) is 11.3 Å². The first kappa shape index (κ1) is 13.3. The smallest absolute Gasteiger partial charge is 0.0590 e. The minimum absolute atomic E-state index is 0.0740. The molecule has 3 heteroatoms. The molecule has 1 saturated heterocycles. The summed E-state index contributed by atoms with van der Waals surface area (Å²) in [6.07, 6.45) is 6.43. The van der Waals surface area contributed by atoms with Gasteiger partial charge in [-0.25, -0.2) is 0 Å². The molecular formula is C14H28N2O. The summed E-state index contributed by atoms with van der Waals surface area (Å²) in [5, 5.41) is 13.2. The number of aliphatic hydroxyl groups excluding tert-OH is 1. The van der Waals surface area contributed by atoms with Crippen molar-refractivity contribution in [2.75, 3.05) is 33.2 Å². The number of nitrogens with one attached hydrogen (secondary N) is 1. The highest BCUT2D eigenvalue weighted by molar-refractivity contribution is 4.91. The monoisotopic (exact) mass is 240 g/mol. The number of rotatable bonds is 4. The molecule has 1 heterocycles. The molecule has 0 aromatic rings. The van der Waals surface area contributed by atoms with E-state index in [1.165, 1.54) is 32.2 Å². The van der Waals surface area contributed by atoms with Gasteiger partial charge in [-0.2, -0.15) is 0 Å². The Kier molecular flexibility index (Phi) is 4.45. The van der Waals surface area contributed by atoms with Crippen LogP contribution >= 0.6 is 0 Å². The molecule has 0 aromatic carbocycles. The Bertz CT molecular complexity index is 238. The number of hydrogen-bond acceptors (Lipinski definition) is 3. The Hall–Kier alpha value is -0.120. The number of nitrogens with zero attached hydrogens (tertiary/aromatic N) is 1. The van der Waals surface area contributed by atoms with Crippen LogP contribution in [-0.2, 0) is 0 Å². The van der Waals surface area contributed by atoms with Crippen molar-refractivity contribution in [2.24, 2.45) is 11.3 Å². The topological polar surface area (TPSA) is 35.5 Å². The van der Waals surface area contributed by atoms with Crippen molar-refractivity contribution < 1.29 is 5.11 Å². The zero-order chi connectivity index (χ0) is 12.3. The van der Waals surface area contributed by atoms with Gasteiger partial charge in [-0.1, -0.05) is 19.8 Å². The van der Waals surface area contributed by atoms with Crippen molar-refractivity contribution in [1.82, 2.24) is 10.2 Å². The fourth-order valence-corrected chi connectivity index (χ4v) is 3.73. The van der Waals surface area contributed by atoms with E-state index in [0.717, 1.165) is 26.1 Å². The molecule has 3 nitrogen and oxygen atoms in total. The summed E-state index contributed by atoms with van der Waals surface area (Å²) in [6, 6.07) is 0. The van der Waals surface area contributed by atoms with Crippen molar-refractivity contribution in [3.8, 4) is 0 Å². The molecule has 1 saturated carbocycles. The van der Waals surface area contributed by atoms with Crippen LogP contribution < -0.4 is 5.32 Å². The Labute approximate surface area is 106 Å². The van der Waals surface area contributed by atoms with E-state index in [-0.39, 0.29) is 6.10 Å². The highest BCUT2D eigenvalue weighted by Crippen LogP contribution is 2.38. The third-order valence-corrected chi connectivity index (χ3v) is 4.72. The predicted molar refractivity (Wildman–Crippen MR) is 71.1 cm³/mol. The van der Waals surface area contributed by atoms with Gasteiger partial charge in [-0.3, -0.25) is 0 Å². The highest BCUT2D eigenvalue weighted by atomic mass is 16.3. The van der Waals surface area contributed by atoms with Crippen molar-refractivity contribution in [2.45, 2.75) is 45.1 Å². The molecule has 0 bridgehead atoms. The van der Waals surface area contributed by atoms with Gasteiger partial charge in [0.1, 0.15) is 0 Å². The van der Waals surface area contributed by atoms with Crippen molar-refractivity contribution >= 4 is 0 Å². The molecule has 2 rings (SSSR count). The minimum Gasteiger partial charge on any atom is -0.393 e. The molecule has 2 atom stereocenters. The van der Waals surface area contributed by atoms with Gasteiger partial charge in [0.25, 0.3) is 0 Å². The normalized spacial score (nSPS) is 34.1. The number of likely N-dealkylation sites (tertiary alicyclic amines) is 1. The summed E-state index contributed by atoms with van der Waals surface area (Å²) in [6.45, 7) is 6.71. The van der Waals surface area contributed by atoms with Gasteiger partial charge in [-0.15, -0.1) is 0 Å². The fraction of sp³-hybridized carbons (Fsp3) is 1.00. The van der Waals surface area contributed by atoms with Gasteiger partial charge in [0.05, 0.1) is 6.10 Å². The van der Waals surface area contributed by atoms with Gasteiger partial charge in [0, 0.05) is 26.2 Å². The van der Waals surface area contributed by atoms with Crippen LogP contribution in [-0.4, -0.2) is 49.3 Å². The first-order chi connectivity index (χ1) is 8.15. The van der Waals surface area contributed by atoms with E-state index >= 15 is 0 Å². The maximum Gasteiger partial charge on any atom is 0.0590 e. The third-order valence-electron chi connectivity index (χ3n) is 4.72. The Balaban J connectivity index is 1.90. The molecular weight excluding hydrogens is 212 g/mol. The molecule has 0 amide bonds. The average Bonchev–Trinajstić information content (AvgIpc) is 2.73. The summed E-state index contributed by atoms with van der Waals surface area (Å²) < 4.78 is 0. The summed E-state index contributed by atoms with van der Waals surface area (Å²) >= 11 is 0. The zero-order valence-electron chi connectivity index (χ0n) is 11.4. The van der Waals surface area contributed by atoms with Crippen LogP contribution in [0.15, 0.2) is 0 Å². The molecule has 2 fully saturated rings. The second-order valence-electron chi connectivity index (χ2n) is 6.31. The van der Waals surface area contributed by atoms with Gasteiger partial charge in [0.15, 0.2) is 0 Å². The molecule has 1 aliphatic heterocycles. The molecule has 0 radical (unpaired) electrons. The summed E-state index contributed by atoms with van der Waals surface area (Å²) in [5.74, 6) is 0.441. The molecule has 100 valence electrons. The van der Waals surface area contributed by atoms with E-state index in [9.17, 15) is 5.11 Å². The maximum atomic E-state index is 9.78. The predicted octanol–water partition coefficient (Wildman–Crippen LogP) is 1.47. The molecule has 0 spiro atoms. The largest absolute Gasteiger partial charge is 0.393 e. The highest BCUT2D eigenvalue weighted by Gasteiger charge is 2.36.